The van der Waals surface area contributed by atoms with Gasteiger partial charge in [0.05, 0.1) is 16.6 Å². The van der Waals surface area contributed by atoms with Crippen molar-refractivity contribution in [2.75, 3.05) is 31.1 Å². The Hall–Kier alpha value is -2.58. The summed E-state index contributed by atoms with van der Waals surface area (Å²) in [6.07, 6.45) is 8.29. The summed E-state index contributed by atoms with van der Waals surface area (Å²) in [7, 11) is 0. The van der Waals surface area contributed by atoms with Gasteiger partial charge in [-0.15, -0.1) is 24.9 Å². The molecule has 8 heteroatoms. The summed E-state index contributed by atoms with van der Waals surface area (Å²) >= 11 is 1.71. The van der Waals surface area contributed by atoms with Crippen LogP contribution in [-0.2, 0) is 14.4 Å². The lowest BCUT2D eigenvalue weighted by Crippen LogP contribution is -2.56. The van der Waals surface area contributed by atoms with Gasteiger partial charge in [-0.05, 0) is 51.7 Å². The summed E-state index contributed by atoms with van der Waals surface area (Å²) in [5.74, 6) is -1.14. The maximum atomic E-state index is 14.3. The highest BCUT2D eigenvalue weighted by atomic mass is 32.2. The summed E-state index contributed by atoms with van der Waals surface area (Å²) in [5.41, 5.74) is 0.792. The lowest BCUT2D eigenvalue weighted by atomic mass is 9.70. The van der Waals surface area contributed by atoms with E-state index < -0.39 is 22.6 Å². The van der Waals surface area contributed by atoms with Crippen LogP contribution in [0.15, 0.2) is 55.6 Å². The summed E-state index contributed by atoms with van der Waals surface area (Å²) in [6.45, 7) is 13.1. The van der Waals surface area contributed by atoms with E-state index in [-0.39, 0.29) is 35.6 Å². The molecule has 4 rings (SSSR count). The van der Waals surface area contributed by atoms with Gasteiger partial charge in [-0.2, -0.15) is 0 Å². The van der Waals surface area contributed by atoms with Crippen LogP contribution in [0.25, 0.3) is 0 Å². The van der Waals surface area contributed by atoms with E-state index in [1.54, 1.807) is 33.7 Å². The van der Waals surface area contributed by atoms with Crippen LogP contribution in [0.3, 0.4) is 0 Å². The largest absolute Gasteiger partial charge is 0.396 e. The summed E-state index contributed by atoms with van der Waals surface area (Å²) in [6, 6.07) is 8.93. The summed E-state index contributed by atoms with van der Waals surface area (Å²) in [5, 5.41) is 9.17. The molecular formula is C31H43N3O4S. The Balaban J connectivity index is 1.69. The molecule has 0 radical (unpaired) electrons. The average Bonchev–Trinajstić information content (AvgIpc) is 3.57. The molecule has 0 aromatic heterocycles. The quantitative estimate of drug-likeness (QED) is 0.275. The smallest absolute Gasteiger partial charge is 0.247 e. The predicted octanol–water partition coefficient (Wildman–Crippen LogP) is 4.27. The van der Waals surface area contributed by atoms with Crippen molar-refractivity contribution in [3.05, 3.63) is 55.6 Å². The number of aliphatic hydroxyl groups is 1. The SMILES string of the molecule is C=CCN(C(=O)[C@@H]1[C@@H]2CCC3(S2)C(C(=O)N(CC=C)C(C)C)N(CCCCCCO)C(=O)[C@H]13)c1ccccc1. The molecular weight excluding hydrogens is 510 g/mol. The molecule has 3 saturated heterocycles. The minimum atomic E-state index is -0.602. The molecule has 0 saturated carbocycles. The van der Waals surface area contributed by atoms with Gasteiger partial charge in [0.25, 0.3) is 0 Å². The zero-order valence-electron chi connectivity index (χ0n) is 23.3. The second-order valence-electron chi connectivity index (χ2n) is 11.2. The second kappa shape index (κ2) is 12.7. The molecule has 0 aliphatic carbocycles. The van der Waals surface area contributed by atoms with Crippen LogP contribution >= 0.6 is 11.8 Å². The number of aliphatic hydroxyl groups excluding tert-OH is 1. The van der Waals surface area contributed by atoms with Crippen molar-refractivity contribution in [2.45, 2.75) is 74.5 Å². The molecule has 7 nitrogen and oxygen atoms in total. The molecule has 2 bridgehead atoms. The number of thioether (sulfide) groups is 1. The van der Waals surface area contributed by atoms with Crippen LogP contribution < -0.4 is 4.90 Å². The Morgan fingerprint density at radius 3 is 2.44 bits per heavy atom. The van der Waals surface area contributed by atoms with E-state index in [0.29, 0.717) is 19.6 Å². The first-order chi connectivity index (χ1) is 18.8. The maximum Gasteiger partial charge on any atom is 0.247 e. The summed E-state index contributed by atoms with van der Waals surface area (Å²) < 4.78 is -0.602. The van der Waals surface area contributed by atoms with E-state index in [9.17, 15) is 14.4 Å². The third kappa shape index (κ3) is 5.42. The predicted molar refractivity (Wildman–Crippen MR) is 157 cm³/mol. The Labute approximate surface area is 237 Å². The van der Waals surface area contributed by atoms with Crippen molar-refractivity contribution >= 4 is 35.2 Å². The number of hydrogen-bond acceptors (Lipinski definition) is 5. The van der Waals surface area contributed by atoms with Crippen molar-refractivity contribution < 1.29 is 19.5 Å². The van der Waals surface area contributed by atoms with Gasteiger partial charge in [-0.25, -0.2) is 0 Å². The number of anilines is 1. The number of likely N-dealkylation sites (tertiary alicyclic amines) is 1. The number of carbonyl (C=O) groups is 3. The highest BCUT2D eigenvalue weighted by Crippen LogP contribution is 2.66. The van der Waals surface area contributed by atoms with Crippen LogP contribution in [-0.4, -0.2) is 80.9 Å². The van der Waals surface area contributed by atoms with Crippen LogP contribution in [0.5, 0.6) is 0 Å². The molecule has 2 unspecified atom stereocenters. The number of para-hydroxylation sites is 1. The van der Waals surface area contributed by atoms with E-state index in [1.807, 2.05) is 49.1 Å². The minimum absolute atomic E-state index is 0.0105. The van der Waals surface area contributed by atoms with E-state index >= 15 is 0 Å². The highest BCUT2D eigenvalue weighted by molar-refractivity contribution is 8.02. The molecule has 3 aliphatic rings. The first-order valence-corrected chi connectivity index (χ1v) is 15.2. The molecule has 3 aliphatic heterocycles. The second-order valence-corrected chi connectivity index (χ2v) is 12.8. The Morgan fingerprint density at radius 1 is 1.10 bits per heavy atom. The van der Waals surface area contributed by atoms with E-state index in [0.717, 1.165) is 44.2 Å². The van der Waals surface area contributed by atoms with Gasteiger partial charge >= 0.3 is 0 Å². The first-order valence-electron chi connectivity index (χ1n) is 14.3. The molecule has 1 aromatic carbocycles. The third-order valence-electron chi connectivity index (χ3n) is 8.50. The van der Waals surface area contributed by atoms with Crippen molar-refractivity contribution in [3.63, 3.8) is 0 Å². The van der Waals surface area contributed by atoms with Crippen LogP contribution in [0.2, 0.25) is 0 Å². The Bertz CT molecular complexity index is 1060. The van der Waals surface area contributed by atoms with Gasteiger partial charge < -0.3 is 19.8 Å². The standard InChI is InChI=1S/C31H43N3O4S/c1-5-18-32(22(3)4)30(38)27-31-17-16-24(39-31)25(26(31)29(37)34(27)20-12-7-8-13-21-35)28(36)33(19-6-2)23-14-10-9-11-15-23/h5-6,9-11,14-15,22,24-27,35H,1-2,7-8,12-13,16-21H2,3-4H3/t24-,25+,26-,27?,31?/m0/s1. The van der Waals surface area contributed by atoms with E-state index in [1.165, 1.54) is 0 Å². The van der Waals surface area contributed by atoms with Gasteiger partial charge in [-0.3, -0.25) is 14.4 Å². The van der Waals surface area contributed by atoms with Gasteiger partial charge in [0, 0.05) is 43.2 Å². The molecule has 212 valence electrons. The lowest BCUT2D eigenvalue weighted by molar-refractivity contribution is -0.143. The first kappa shape index (κ1) is 29.4. The number of unbranched alkanes of at least 4 members (excludes halogenated alkanes) is 3. The van der Waals surface area contributed by atoms with Crippen molar-refractivity contribution in [1.82, 2.24) is 9.80 Å². The zero-order chi connectivity index (χ0) is 28.2. The van der Waals surface area contributed by atoms with Gasteiger partial charge in [-0.1, -0.05) is 43.2 Å². The fourth-order valence-corrected chi connectivity index (χ4v) is 9.00. The normalized spacial score (nSPS) is 27.1. The van der Waals surface area contributed by atoms with Crippen molar-refractivity contribution in [2.24, 2.45) is 11.8 Å². The van der Waals surface area contributed by atoms with E-state index in [4.69, 9.17) is 5.11 Å². The zero-order valence-corrected chi connectivity index (χ0v) is 24.2. The molecule has 1 N–H and O–H groups in total. The van der Waals surface area contributed by atoms with Crippen LogP contribution in [0.4, 0.5) is 5.69 Å². The van der Waals surface area contributed by atoms with Crippen molar-refractivity contribution in [3.8, 4) is 0 Å². The summed E-state index contributed by atoms with van der Waals surface area (Å²) in [4.78, 5) is 48.1. The molecule has 39 heavy (non-hydrogen) atoms. The number of amides is 3. The number of fused-ring (bicyclic) bond motifs is 1. The lowest BCUT2D eigenvalue weighted by Gasteiger charge is -2.38. The maximum absolute atomic E-state index is 14.3. The van der Waals surface area contributed by atoms with E-state index in [2.05, 4.69) is 13.2 Å². The molecule has 3 fully saturated rings. The van der Waals surface area contributed by atoms with Crippen LogP contribution in [0.1, 0.15) is 52.4 Å². The number of carbonyl (C=O) groups excluding carboxylic acids is 3. The Morgan fingerprint density at radius 2 is 1.79 bits per heavy atom. The molecule has 1 aromatic rings. The Kier molecular flexibility index (Phi) is 9.60. The number of benzene rings is 1. The number of nitrogens with zero attached hydrogens (tertiary/aromatic N) is 3. The third-order valence-corrected chi connectivity index (χ3v) is 10.5. The minimum Gasteiger partial charge on any atom is -0.396 e. The molecule has 1 spiro atoms. The number of hydrogen-bond donors (Lipinski definition) is 1. The van der Waals surface area contributed by atoms with Gasteiger partial charge in [0.2, 0.25) is 17.7 Å². The topological polar surface area (TPSA) is 81.2 Å². The van der Waals surface area contributed by atoms with Gasteiger partial charge in [0.15, 0.2) is 0 Å². The molecule has 3 heterocycles. The average molecular weight is 554 g/mol. The van der Waals surface area contributed by atoms with Crippen molar-refractivity contribution in [1.29, 1.82) is 0 Å². The monoisotopic (exact) mass is 553 g/mol. The number of rotatable bonds is 14. The van der Waals surface area contributed by atoms with Gasteiger partial charge in [0.1, 0.15) is 6.04 Å². The molecule has 5 atom stereocenters. The fraction of sp³-hybridized carbons (Fsp3) is 0.581. The fourth-order valence-electron chi connectivity index (χ4n) is 6.79. The highest BCUT2D eigenvalue weighted by Gasteiger charge is 2.74. The molecule has 3 amide bonds. The van der Waals surface area contributed by atoms with Crippen LogP contribution in [0, 0.1) is 11.8 Å².